The highest BCUT2D eigenvalue weighted by atomic mass is 19.1. The number of ether oxygens (including phenoxy) is 1. The largest absolute Gasteiger partial charge is 0.483 e. The second kappa shape index (κ2) is 8.57. The maximum atomic E-state index is 14.0. The second-order valence-corrected chi connectivity index (χ2v) is 6.55. The van der Waals surface area contributed by atoms with Crippen molar-refractivity contribution in [2.24, 2.45) is 0 Å². The molecule has 1 aromatic heterocycles. The van der Waals surface area contributed by atoms with Crippen molar-refractivity contribution in [3.05, 3.63) is 84.2 Å². The van der Waals surface area contributed by atoms with E-state index in [1.807, 2.05) is 31.2 Å². The van der Waals surface area contributed by atoms with Crippen LogP contribution in [0.2, 0.25) is 0 Å². The third-order valence-corrected chi connectivity index (χ3v) is 4.44. The van der Waals surface area contributed by atoms with Crippen LogP contribution in [-0.4, -0.2) is 22.7 Å². The maximum Gasteiger partial charge on any atom is 0.262 e. The van der Waals surface area contributed by atoms with E-state index >= 15 is 0 Å². The predicted molar refractivity (Wildman–Crippen MR) is 110 cm³/mol. The maximum absolute atomic E-state index is 14.0. The Bertz CT molecular complexity index is 1190. The van der Waals surface area contributed by atoms with Gasteiger partial charge in [0.15, 0.2) is 6.61 Å². The number of amides is 1. The summed E-state index contributed by atoms with van der Waals surface area (Å²) in [6, 6.07) is 20.6. The minimum atomic E-state index is -0.454. The Kier molecular flexibility index (Phi) is 5.52. The number of rotatable bonds is 6. The van der Waals surface area contributed by atoms with Gasteiger partial charge in [-0.25, -0.2) is 4.39 Å². The van der Waals surface area contributed by atoms with Crippen LogP contribution in [0, 0.1) is 12.7 Å². The van der Waals surface area contributed by atoms with E-state index < -0.39 is 5.82 Å². The number of carbonyl (C=O) groups is 1. The van der Waals surface area contributed by atoms with E-state index in [1.54, 1.807) is 42.5 Å². The first kappa shape index (κ1) is 19.3. The first-order valence-corrected chi connectivity index (χ1v) is 9.28. The number of aryl methyl sites for hydroxylation is 1. The van der Waals surface area contributed by atoms with Gasteiger partial charge in [-0.2, -0.15) is 4.98 Å². The number of anilines is 1. The number of aromatic nitrogens is 2. The van der Waals surface area contributed by atoms with Crippen molar-refractivity contribution in [2.75, 3.05) is 11.9 Å². The van der Waals surface area contributed by atoms with Crippen LogP contribution in [0.3, 0.4) is 0 Å². The van der Waals surface area contributed by atoms with E-state index in [1.165, 1.54) is 6.07 Å². The predicted octanol–water partition coefficient (Wildman–Crippen LogP) is 4.87. The molecule has 6 nitrogen and oxygen atoms in total. The topological polar surface area (TPSA) is 77.2 Å². The average Bonchev–Trinajstić information content (AvgIpc) is 3.24. The summed E-state index contributed by atoms with van der Waals surface area (Å²) in [5.41, 5.74) is 2.44. The molecule has 0 saturated heterocycles. The number of nitrogens with one attached hydrogen (secondary N) is 1. The number of carbonyl (C=O) groups excluding carboxylic acids is 1. The van der Waals surface area contributed by atoms with Gasteiger partial charge in [0.05, 0.1) is 11.1 Å². The van der Waals surface area contributed by atoms with Gasteiger partial charge in [0, 0.05) is 5.69 Å². The van der Waals surface area contributed by atoms with Gasteiger partial charge >= 0.3 is 0 Å². The van der Waals surface area contributed by atoms with Crippen LogP contribution in [0.1, 0.15) is 5.56 Å². The highest BCUT2D eigenvalue weighted by Gasteiger charge is 2.17. The minimum Gasteiger partial charge on any atom is -0.483 e. The van der Waals surface area contributed by atoms with Gasteiger partial charge in [0.1, 0.15) is 11.6 Å². The molecule has 7 heteroatoms. The zero-order chi connectivity index (χ0) is 20.9. The van der Waals surface area contributed by atoms with E-state index in [0.29, 0.717) is 11.3 Å². The molecule has 3 aromatic carbocycles. The molecular formula is C23H18FN3O3. The average molecular weight is 403 g/mol. The first-order chi connectivity index (χ1) is 14.6. The van der Waals surface area contributed by atoms with E-state index in [2.05, 4.69) is 15.5 Å². The lowest BCUT2D eigenvalue weighted by molar-refractivity contribution is -0.118. The highest BCUT2D eigenvalue weighted by Crippen LogP contribution is 2.30. The van der Waals surface area contributed by atoms with Crippen LogP contribution < -0.4 is 10.1 Å². The van der Waals surface area contributed by atoms with Gasteiger partial charge in [-0.3, -0.25) is 4.79 Å². The van der Waals surface area contributed by atoms with Gasteiger partial charge in [-0.15, -0.1) is 0 Å². The zero-order valence-corrected chi connectivity index (χ0v) is 16.1. The molecule has 0 atom stereocenters. The van der Waals surface area contributed by atoms with Crippen molar-refractivity contribution in [1.29, 1.82) is 0 Å². The molecule has 0 bridgehead atoms. The highest BCUT2D eigenvalue weighted by molar-refractivity contribution is 5.92. The monoisotopic (exact) mass is 403 g/mol. The van der Waals surface area contributed by atoms with Crippen molar-refractivity contribution in [1.82, 2.24) is 10.1 Å². The molecule has 30 heavy (non-hydrogen) atoms. The normalized spacial score (nSPS) is 10.6. The SMILES string of the molecule is Cc1ccccc1NC(=O)COc1ccccc1-c1noc(-c2ccccc2F)n1. The van der Waals surface area contributed by atoms with Crippen molar-refractivity contribution >= 4 is 11.6 Å². The Morgan fingerprint density at radius 2 is 1.70 bits per heavy atom. The number of benzene rings is 3. The van der Waals surface area contributed by atoms with Crippen LogP contribution in [0.25, 0.3) is 22.8 Å². The summed E-state index contributed by atoms with van der Waals surface area (Å²) in [7, 11) is 0. The molecule has 1 amide bonds. The van der Waals surface area contributed by atoms with E-state index in [9.17, 15) is 9.18 Å². The molecule has 0 fully saturated rings. The fourth-order valence-electron chi connectivity index (χ4n) is 2.90. The third kappa shape index (κ3) is 4.20. The molecule has 4 aromatic rings. The lowest BCUT2D eigenvalue weighted by Gasteiger charge is -2.11. The fraction of sp³-hybridized carbons (Fsp3) is 0.0870. The van der Waals surface area contributed by atoms with Crippen molar-refractivity contribution in [3.8, 4) is 28.6 Å². The molecule has 4 rings (SSSR count). The lowest BCUT2D eigenvalue weighted by atomic mass is 10.2. The molecule has 1 N–H and O–H groups in total. The molecule has 0 aliphatic carbocycles. The summed E-state index contributed by atoms with van der Waals surface area (Å²) in [5.74, 6) is -0.0268. The Labute approximate surface area is 172 Å². The van der Waals surface area contributed by atoms with E-state index in [-0.39, 0.29) is 29.8 Å². The van der Waals surface area contributed by atoms with Crippen molar-refractivity contribution in [3.63, 3.8) is 0 Å². The number of para-hydroxylation sites is 2. The summed E-state index contributed by atoms with van der Waals surface area (Å²) in [4.78, 5) is 16.6. The first-order valence-electron chi connectivity index (χ1n) is 9.28. The van der Waals surface area contributed by atoms with Gasteiger partial charge < -0.3 is 14.6 Å². The van der Waals surface area contributed by atoms with Crippen LogP contribution in [0.4, 0.5) is 10.1 Å². The molecule has 0 saturated carbocycles. The smallest absolute Gasteiger partial charge is 0.262 e. The fourth-order valence-corrected chi connectivity index (χ4v) is 2.90. The third-order valence-electron chi connectivity index (χ3n) is 4.44. The molecule has 0 aliphatic heterocycles. The second-order valence-electron chi connectivity index (χ2n) is 6.55. The van der Waals surface area contributed by atoms with E-state index in [0.717, 1.165) is 11.3 Å². The van der Waals surface area contributed by atoms with Crippen LogP contribution >= 0.6 is 0 Å². The number of nitrogens with zero attached hydrogens (tertiary/aromatic N) is 2. The summed E-state index contributed by atoms with van der Waals surface area (Å²) in [5, 5.41) is 6.75. The summed E-state index contributed by atoms with van der Waals surface area (Å²) < 4.78 is 24.9. The molecule has 0 spiro atoms. The molecular weight excluding hydrogens is 385 g/mol. The molecule has 1 heterocycles. The van der Waals surface area contributed by atoms with Crippen molar-refractivity contribution < 1.29 is 18.4 Å². The Morgan fingerprint density at radius 1 is 1.00 bits per heavy atom. The minimum absolute atomic E-state index is 0.0650. The number of hydrogen-bond donors (Lipinski definition) is 1. The van der Waals surface area contributed by atoms with Crippen molar-refractivity contribution in [2.45, 2.75) is 6.92 Å². The van der Waals surface area contributed by atoms with Gasteiger partial charge in [-0.1, -0.05) is 47.6 Å². The Morgan fingerprint density at radius 3 is 2.50 bits per heavy atom. The molecule has 0 radical (unpaired) electrons. The van der Waals surface area contributed by atoms with Crippen LogP contribution in [0.15, 0.2) is 77.3 Å². The Hall–Kier alpha value is -4.00. The summed E-state index contributed by atoms with van der Waals surface area (Å²) in [6.07, 6.45) is 0. The molecule has 0 unspecified atom stereocenters. The van der Waals surface area contributed by atoms with Crippen LogP contribution in [-0.2, 0) is 4.79 Å². The molecule has 0 aliphatic rings. The van der Waals surface area contributed by atoms with Gasteiger partial charge in [0.25, 0.3) is 11.8 Å². The van der Waals surface area contributed by atoms with Crippen LogP contribution in [0.5, 0.6) is 5.75 Å². The lowest BCUT2D eigenvalue weighted by Crippen LogP contribution is -2.20. The standard InChI is InChI=1S/C23H18FN3O3/c1-15-8-2-6-12-19(15)25-21(28)14-29-20-13-7-4-10-17(20)22-26-23(30-27-22)16-9-3-5-11-18(16)24/h2-13H,14H2,1H3,(H,25,28). The summed E-state index contributed by atoms with van der Waals surface area (Å²) >= 11 is 0. The summed E-state index contributed by atoms with van der Waals surface area (Å²) in [6.45, 7) is 1.72. The Balaban J connectivity index is 1.50. The van der Waals surface area contributed by atoms with Gasteiger partial charge in [0.2, 0.25) is 5.82 Å². The van der Waals surface area contributed by atoms with E-state index in [4.69, 9.17) is 9.26 Å². The zero-order valence-electron chi connectivity index (χ0n) is 16.1. The quantitative estimate of drug-likeness (QED) is 0.497. The number of halogens is 1. The molecule has 150 valence electrons. The van der Waals surface area contributed by atoms with Gasteiger partial charge in [-0.05, 0) is 42.8 Å². The number of hydrogen-bond acceptors (Lipinski definition) is 5.